The van der Waals surface area contributed by atoms with E-state index in [1.165, 1.54) is 50.6 Å². The van der Waals surface area contributed by atoms with E-state index in [-0.39, 0.29) is 12.4 Å². The van der Waals surface area contributed by atoms with Crippen LogP contribution in [0.15, 0.2) is 48.5 Å². The van der Waals surface area contributed by atoms with Crippen LogP contribution in [0.1, 0.15) is 26.3 Å². The Morgan fingerprint density at radius 3 is 2.07 bits per heavy atom. The monoisotopic (exact) mass is 384 g/mol. The number of amides is 2. The lowest BCUT2D eigenvalue weighted by Gasteiger charge is -2.18. The molecule has 2 aromatic carbocycles. The first kappa shape index (κ1) is 20.4. The number of amidine groups is 1. The summed E-state index contributed by atoms with van der Waals surface area (Å²) in [7, 11) is 2.68. The first-order chi connectivity index (χ1) is 13.3. The smallest absolute Gasteiger partial charge is 0.343 e. The predicted molar refractivity (Wildman–Crippen MR) is 101 cm³/mol. The largest absolute Gasteiger partial charge is 0.482 e. The number of hydrazine groups is 1. The van der Waals surface area contributed by atoms with Gasteiger partial charge in [0.15, 0.2) is 6.61 Å². The number of carbonyl (C=O) groups excluding carboxylic acids is 3. The molecule has 0 atom stereocenters. The molecule has 0 spiro atoms. The maximum Gasteiger partial charge on any atom is 0.343 e. The summed E-state index contributed by atoms with van der Waals surface area (Å²) in [5.74, 6) is -1.13. The van der Waals surface area contributed by atoms with Crippen molar-refractivity contribution in [3.63, 3.8) is 0 Å². The summed E-state index contributed by atoms with van der Waals surface area (Å²) in [5, 5.41) is 8.41. The van der Waals surface area contributed by atoms with Gasteiger partial charge in [-0.05, 0) is 36.4 Å². The summed E-state index contributed by atoms with van der Waals surface area (Å²) in [6, 6.07) is 12.2. The van der Waals surface area contributed by atoms with Gasteiger partial charge in [-0.15, -0.1) is 0 Å². The standard InChI is InChI=1S/C19H20N4O5/c1-23(19(26)14-5-3-12(4-6-14)17(20)21)22-18(25)13-7-9-15(10-8-13)28-11-16(24)27-2/h3-10H,11H2,1-2H3,(H3,20,21)(H,22,25). The van der Waals surface area contributed by atoms with Crippen molar-refractivity contribution < 1.29 is 23.9 Å². The maximum absolute atomic E-state index is 12.4. The van der Waals surface area contributed by atoms with E-state index >= 15 is 0 Å². The van der Waals surface area contributed by atoms with Crippen molar-refractivity contribution in [3.05, 3.63) is 65.2 Å². The highest BCUT2D eigenvalue weighted by Crippen LogP contribution is 2.12. The van der Waals surface area contributed by atoms with E-state index in [1.54, 1.807) is 12.1 Å². The lowest BCUT2D eigenvalue weighted by atomic mass is 10.1. The lowest BCUT2D eigenvalue weighted by molar-refractivity contribution is -0.142. The van der Waals surface area contributed by atoms with E-state index in [1.807, 2.05) is 0 Å². The van der Waals surface area contributed by atoms with E-state index in [9.17, 15) is 14.4 Å². The average molecular weight is 384 g/mol. The number of nitrogen functional groups attached to an aromatic ring is 1. The van der Waals surface area contributed by atoms with E-state index in [2.05, 4.69) is 10.2 Å². The zero-order chi connectivity index (χ0) is 20.7. The number of ether oxygens (including phenoxy) is 2. The van der Waals surface area contributed by atoms with E-state index in [0.29, 0.717) is 22.4 Å². The number of methoxy groups -OCH3 is 1. The highest BCUT2D eigenvalue weighted by Gasteiger charge is 2.15. The number of nitrogens with zero attached hydrogens (tertiary/aromatic N) is 1. The molecule has 0 unspecified atom stereocenters. The van der Waals surface area contributed by atoms with Gasteiger partial charge in [0.05, 0.1) is 7.11 Å². The minimum absolute atomic E-state index is 0.0975. The Morgan fingerprint density at radius 2 is 1.54 bits per heavy atom. The van der Waals surface area contributed by atoms with Crippen molar-refractivity contribution in [2.24, 2.45) is 5.73 Å². The SMILES string of the molecule is COC(=O)COc1ccc(C(=O)NN(C)C(=O)c2ccc(C(=N)N)cc2)cc1. The van der Waals surface area contributed by atoms with Gasteiger partial charge in [0.2, 0.25) is 0 Å². The number of benzene rings is 2. The molecular formula is C19H20N4O5. The Balaban J connectivity index is 1.96. The summed E-state index contributed by atoms with van der Waals surface area (Å²) < 4.78 is 9.67. The number of rotatable bonds is 6. The molecule has 0 aliphatic carbocycles. The number of esters is 1. The lowest BCUT2D eigenvalue weighted by Crippen LogP contribution is -2.43. The van der Waals surface area contributed by atoms with Crippen LogP contribution in [0, 0.1) is 5.41 Å². The second-order valence-electron chi connectivity index (χ2n) is 5.69. The second-order valence-corrected chi connectivity index (χ2v) is 5.69. The molecule has 0 aliphatic rings. The normalized spacial score (nSPS) is 9.93. The molecule has 9 nitrogen and oxygen atoms in total. The Bertz CT molecular complexity index is 878. The van der Waals surface area contributed by atoms with Gasteiger partial charge in [0.1, 0.15) is 11.6 Å². The third-order valence-electron chi connectivity index (χ3n) is 3.72. The Labute approximate surface area is 161 Å². The summed E-state index contributed by atoms with van der Waals surface area (Å²) in [6.07, 6.45) is 0. The summed E-state index contributed by atoms with van der Waals surface area (Å²) in [4.78, 5) is 35.7. The number of hydrogen-bond acceptors (Lipinski definition) is 6. The first-order valence-corrected chi connectivity index (χ1v) is 8.15. The van der Waals surface area contributed by atoms with E-state index in [4.69, 9.17) is 15.9 Å². The number of hydrogen-bond donors (Lipinski definition) is 3. The molecule has 4 N–H and O–H groups in total. The first-order valence-electron chi connectivity index (χ1n) is 8.15. The van der Waals surface area contributed by atoms with Gasteiger partial charge in [-0.25, -0.2) is 4.79 Å². The van der Waals surface area contributed by atoms with Crippen molar-refractivity contribution in [2.45, 2.75) is 0 Å². The fraction of sp³-hybridized carbons (Fsp3) is 0.158. The van der Waals surface area contributed by atoms with Crippen LogP contribution in [0.5, 0.6) is 5.75 Å². The molecule has 0 aromatic heterocycles. The summed E-state index contributed by atoms with van der Waals surface area (Å²) in [6.45, 7) is -0.234. The fourth-order valence-electron chi connectivity index (χ4n) is 2.16. The van der Waals surface area contributed by atoms with Gasteiger partial charge < -0.3 is 15.2 Å². The van der Waals surface area contributed by atoms with Crippen molar-refractivity contribution >= 4 is 23.6 Å². The van der Waals surface area contributed by atoms with Gasteiger partial charge >= 0.3 is 5.97 Å². The molecular weight excluding hydrogens is 364 g/mol. The average Bonchev–Trinajstić information content (AvgIpc) is 2.71. The molecule has 2 amide bonds. The fourth-order valence-corrected chi connectivity index (χ4v) is 2.16. The van der Waals surface area contributed by atoms with Gasteiger partial charge in [0.25, 0.3) is 11.8 Å². The van der Waals surface area contributed by atoms with Crippen LogP contribution in [0.3, 0.4) is 0 Å². The van der Waals surface area contributed by atoms with Crippen LogP contribution in [-0.4, -0.2) is 49.4 Å². The Kier molecular flexibility index (Phi) is 6.69. The van der Waals surface area contributed by atoms with Crippen LogP contribution >= 0.6 is 0 Å². The molecule has 0 fully saturated rings. The van der Waals surface area contributed by atoms with Crippen molar-refractivity contribution in [3.8, 4) is 5.75 Å². The highest BCUT2D eigenvalue weighted by molar-refractivity contribution is 6.00. The van der Waals surface area contributed by atoms with Gasteiger partial charge in [-0.3, -0.25) is 25.4 Å². The molecule has 2 aromatic rings. The molecule has 9 heteroatoms. The summed E-state index contributed by atoms with van der Waals surface area (Å²) in [5.41, 5.74) is 8.99. The summed E-state index contributed by atoms with van der Waals surface area (Å²) >= 11 is 0. The maximum atomic E-state index is 12.4. The molecule has 0 saturated carbocycles. The van der Waals surface area contributed by atoms with Gasteiger partial charge in [-0.2, -0.15) is 0 Å². The number of carbonyl (C=O) groups is 3. The molecule has 146 valence electrons. The molecule has 0 radical (unpaired) electrons. The minimum atomic E-state index is -0.515. The molecule has 0 saturated heterocycles. The van der Waals surface area contributed by atoms with Crippen LogP contribution in [-0.2, 0) is 9.53 Å². The van der Waals surface area contributed by atoms with Crippen LogP contribution in [0.25, 0.3) is 0 Å². The highest BCUT2D eigenvalue weighted by atomic mass is 16.6. The molecule has 0 bridgehead atoms. The van der Waals surface area contributed by atoms with Crippen LogP contribution in [0.4, 0.5) is 0 Å². The Morgan fingerprint density at radius 1 is 1.00 bits per heavy atom. The van der Waals surface area contributed by atoms with Crippen molar-refractivity contribution in [1.82, 2.24) is 10.4 Å². The zero-order valence-electron chi connectivity index (χ0n) is 15.4. The minimum Gasteiger partial charge on any atom is -0.482 e. The van der Waals surface area contributed by atoms with Crippen molar-refractivity contribution in [1.29, 1.82) is 5.41 Å². The van der Waals surface area contributed by atoms with Gasteiger partial charge in [0, 0.05) is 23.7 Å². The molecule has 0 aliphatic heterocycles. The zero-order valence-corrected chi connectivity index (χ0v) is 15.4. The quantitative estimate of drug-likeness (QED) is 0.294. The Hall–Kier alpha value is -3.88. The number of nitrogens with two attached hydrogens (primary N) is 1. The molecule has 28 heavy (non-hydrogen) atoms. The van der Waals surface area contributed by atoms with Gasteiger partial charge in [-0.1, -0.05) is 12.1 Å². The third kappa shape index (κ3) is 5.31. The predicted octanol–water partition coefficient (Wildman–Crippen LogP) is 0.939. The second kappa shape index (κ2) is 9.17. The number of nitrogens with one attached hydrogen (secondary N) is 2. The van der Waals surface area contributed by atoms with Crippen LogP contribution in [0.2, 0.25) is 0 Å². The van der Waals surface area contributed by atoms with Crippen molar-refractivity contribution in [2.75, 3.05) is 20.8 Å². The molecule has 2 rings (SSSR count). The van der Waals surface area contributed by atoms with E-state index in [0.717, 1.165) is 5.01 Å². The molecule has 0 heterocycles. The van der Waals surface area contributed by atoms with E-state index < -0.39 is 17.8 Å². The topological polar surface area (TPSA) is 135 Å². The van der Waals surface area contributed by atoms with Crippen LogP contribution < -0.4 is 15.9 Å². The third-order valence-corrected chi connectivity index (χ3v) is 3.72.